The number of aromatic nitrogens is 1. The molecule has 0 spiro atoms. The van der Waals surface area contributed by atoms with E-state index in [1.807, 2.05) is 6.92 Å². The average Bonchev–Trinajstić information content (AvgIpc) is 2.34. The van der Waals surface area contributed by atoms with Crippen LogP contribution in [0.4, 0.5) is 5.82 Å². The molecule has 5 heteroatoms. The Labute approximate surface area is 95.2 Å². The molecule has 1 aromatic heterocycles. The van der Waals surface area contributed by atoms with Crippen LogP contribution < -0.4 is 10.6 Å². The Kier molecular flexibility index (Phi) is 5.28. The van der Waals surface area contributed by atoms with E-state index in [-0.39, 0.29) is 5.97 Å². The van der Waals surface area contributed by atoms with Crippen LogP contribution in [0.25, 0.3) is 0 Å². The minimum atomic E-state index is -0.376. The minimum absolute atomic E-state index is 0.376. The Hall–Kier alpha value is -1.62. The molecule has 0 amide bonds. The number of ether oxygens (including phenoxy) is 1. The SMILES string of the molecule is CCNCCNc1ncccc1C(=O)OC. The maximum Gasteiger partial charge on any atom is 0.341 e. The topological polar surface area (TPSA) is 63.2 Å². The van der Waals surface area contributed by atoms with Gasteiger partial charge in [0.2, 0.25) is 0 Å². The fourth-order valence-corrected chi connectivity index (χ4v) is 1.27. The van der Waals surface area contributed by atoms with Crippen LogP contribution in [-0.2, 0) is 4.74 Å². The van der Waals surface area contributed by atoms with E-state index in [0.717, 1.165) is 19.6 Å². The number of pyridine rings is 1. The smallest absolute Gasteiger partial charge is 0.341 e. The van der Waals surface area contributed by atoms with E-state index in [1.165, 1.54) is 7.11 Å². The van der Waals surface area contributed by atoms with Gasteiger partial charge in [0.25, 0.3) is 0 Å². The summed E-state index contributed by atoms with van der Waals surface area (Å²) in [5.41, 5.74) is 0.460. The van der Waals surface area contributed by atoms with Crippen LogP contribution in [0.15, 0.2) is 18.3 Å². The molecule has 0 aromatic carbocycles. The number of rotatable bonds is 6. The van der Waals surface area contributed by atoms with Crippen molar-refractivity contribution >= 4 is 11.8 Å². The molecule has 0 aliphatic heterocycles. The number of nitrogens with zero attached hydrogens (tertiary/aromatic N) is 1. The predicted octanol–water partition coefficient (Wildman–Crippen LogP) is 0.890. The van der Waals surface area contributed by atoms with Crippen molar-refractivity contribution in [3.8, 4) is 0 Å². The Morgan fingerprint density at radius 3 is 3.00 bits per heavy atom. The van der Waals surface area contributed by atoms with Crippen LogP contribution >= 0.6 is 0 Å². The van der Waals surface area contributed by atoms with E-state index < -0.39 is 0 Å². The number of hydrogen-bond acceptors (Lipinski definition) is 5. The van der Waals surface area contributed by atoms with Crippen molar-refractivity contribution in [1.29, 1.82) is 0 Å². The second-order valence-corrected chi connectivity index (χ2v) is 3.17. The number of nitrogens with one attached hydrogen (secondary N) is 2. The van der Waals surface area contributed by atoms with E-state index in [1.54, 1.807) is 18.3 Å². The third-order valence-corrected chi connectivity index (χ3v) is 2.06. The summed E-state index contributed by atoms with van der Waals surface area (Å²) >= 11 is 0. The molecule has 0 saturated carbocycles. The molecule has 0 radical (unpaired) electrons. The summed E-state index contributed by atoms with van der Waals surface area (Å²) in [6, 6.07) is 3.40. The molecule has 0 fully saturated rings. The van der Waals surface area contributed by atoms with Gasteiger partial charge >= 0.3 is 5.97 Å². The number of methoxy groups -OCH3 is 1. The van der Waals surface area contributed by atoms with Crippen molar-refractivity contribution in [2.45, 2.75) is 6.92 Å². The second-order valence-electron chi connectivity index (χ2n) is 3.17. The van der Waals surface area contributed by atoms with Crippen LogP contribution in [0.3, 0.4) is 0 Å². The lowest BCUT2D eigenvalue weighted by atomic mass is 10.2. The molecule has 5 nitrogen and oxygen atoms in total. The van der Waals surface area contributed by atoms with Gasteiger partial charge in [0.05, 0.1) is 7.11 Å². The largest absolute Gasteiger partial charge is 0.465 e. The Balaban J connectivity index is 2.60. The number of carbonyl (C=O) groups excluding carboxylic acids is 1. The highest BCUT2D eigenvalue weighted by Gasteiger charge is 2.11. The van der Waals surface area contributed by atoms with Crippen LogP contribution in [0.2, 0.25) is 0 Å². The monoisotopic (exact) mass is 223 g/mol. The molecule has 16 heavy (non-hydrogen) atoms. The highest BCUT2D eigenvalue weighted by molar-refractivity contribution is 5.94. The third kappa shape index (κ3) is 3.51. The van der Waals surface area contributed by atoms with Gasteiger partial charge in [-0.25, -0.2) is 9.78 Å². The minimum Gasteiger partial charge on any atom is -0.465 e. The highest BCUT2D eigenvalue weighted by atomic mass is 16.5. The molecule has 0 unspecified atom stereocenters. The molecule has 0 aliphatic carbocycles. The first-order chi connectivity index (χ1) is 7.79. The van der Waals surface area contributed by atoms with Crippen LogP contribution in [0, 0.1) is 0 Å². The summed E-state index contributed by atoms with van der Waals surface area (Å²) < 4.78 is 4.67. The lowest BCUT2D eigenvalue weighted by Crippen LogP contribution is -2.22. The second kappa shape index (κ2) is 6.79. The van der Waals surface area contributed by atoms with E-state index in [0.29, 0.717) is 11.4 Å². The van der Waals surface area contributed by atoms with E-state index in [9.17, 15) is 4.79 Å². The third-order valence-electron chi connectivity index (χ3n) is 2.06. The summed E-state index contributed by atoms with van der Waals surface area (Å²) in [6.07, 6.45) is 1.64. The van der Waals surface area contributed by atoms with Gasteiger partial charge in [-0.2, -0.15) is 0 Å². The van der Waals surface area contributed by atoms with Crippen molar-refractivity contribution in [3.05, 3.63) is 23.9 Å². The lowest BCUT2D eigenvalue weighted by Gasteiger charge is -2.09. The number of hydrogen-bond donors (Lipinski definition) is 2. The van der Waals surface area contributed by atoms with Gasteiger partial charge in [-0.15, -0.1) is 0 Å². The van der Waals surface area contributed by atoms with Gasteiger partial charge in [-0.1, -0.05) is 6.92 Å². The Morgan fingerprint density at radius 2 is 2.31 bits per heavy atom. The lowest BCUT2D eigenvalue weighted by molar-refractivity contribution is 0.0601. The maximum absolute atomic E-state index is 11.4. The predicted molar refractivity (Wildman–Crippen MR) is 62.6 cm³/mol. The standard InChI is InChI=1S/C11H17N3O2/c1-3-12-7-8-14-10-9(11(15)16-2)5-4-6-13-10/h4-6,12H,3,7-8H2,1-2H3,(H,13,14). The molecule has 0 bridgehead atoms. The van der Waals surface area contributed by atoms with E-state index in [4.69, 9.17) is 0 Å². The molecule has 0 atom stereocenters. The molecule has 1 heterocycles. The summed E-state index contributed by atoms with van der Waals surface area (Å²) in [4.78, 5) is 15.5. The fourth-order valence-electron chi connectivity index (χ4n) is 1.27. The first-order valence-corrected chi connectivity index (χ1v) is 5.27. The summed E-state index contributed by atoms with van der Waals surface area (Å²) in [5, 5.41) is 6.26. The van der Waals surface area contributed by atoms with Crippen molar-refractivity contribution < 1.29 is 9.53 Å². The van der Waals surface area contributed by atoms with Gasteiger partial charge in [0.15, 0.2) is 0 Å². The first-order valence-electron chi connectivity index (χ1n) is 5.27. The maximum atomic E-state index is 11.4. The first kappa shape index (κ1) is 12.4. The number of anilines is 1. The van der Waals surface area contributed by atoms with Crippen LogP contribution in [-0.4, -0.2) is 37.7 Å². The molecule has 0 aliphatic rings. The Bertz CT molecular complexity index is 342. The zero-order chi connectivity index (χ0) is 11.8. The number of likely N-dealkylation sites (N-methyl/N-ethyl adjacent to an activating group) is 1. The van der Waals surface area contributed by atoms with Gasteiger partial charge in [-0.05, 0) is 18.7 Å². The van der Waals surface area contributed by atoms with E-state index in [2.05, 4.69) is 20.4 Å². The van der Waals surface area contributed by atoms with Crippen molar-refractivity contribution in [2.75, 3.05) is 32.1 Å². The van der Waals surface area contributed by atoms with Crippen LogP contribution in [0.5, 0.6) is 0 Å². The summed E-state index contributed by atoms with van der Waals surface area (Å²) in [7, 11) is 1.36. The number of carbonyl (C=O) groups is 1. The molecule has 88 valence electrons. The molecule has 0 saturated heterocycles. The van der Waals surface area contributed by atoms with Crippen LogP contribution in [0.1, 0.15) is 17.3 Å². The zero-order valence-electron chi connectivity index (χ0n) is 9.62. The van der Waals surface area contributed by atoms with Gasteiger partial charge in [0, 0.05) is 19.3 Å². The Morgan fingerprint density at radius 1 is 1.50 bits per heavy atom. The molecular weight excluding hydrogens is 206 g/mol. The quantitative estimate of drug-likeness (QED) is 0.554. The van der Waals surface area contributed by atoms with Gasteiger partial charge in [0.1, 0.15) is 11.4 Å². The normalized spacial score (nSPS) is 9.88. The summed E-state index contributed by atoms with van der Waals surface area (Å²) in [6.45, 7) is 4.51. The van der Waals surface area contributed by atoms with Crippen molar-refractivity contribution in [3.63, 3.8) is 0 Å². The molecule has 1 rings (SSSR count). The van der Waals surface area contributed by atoms with Gasteiger partial charge in [-0.3, -0.25) is 0 Å². The average molecular weight is 223 g/mol. The van der Waals surface area contributed by atoms with E-state index >= 15 is 0 Å². The fraction of sp³-hybridized carbons (Fsp3) is 0.455. The van der Waals surface area contributed by atoms with Crippen molar-refractivity contribution in [1.82, 2.24) is 10.3 Å². The number of esters is 1. The molecular formula is C11H17N3O2. The molecule has 1 aromatic rings. The highest BCUT2D eigenvalue weighted by Crippen LogP contribution is 2.11. The summed E-state index contributed by atoms with van der Waals surface area (Å²) in [5.74, 6) is 0.186. The van der Waals surface area contributed by atoms with Gasteiger partial charge < -0.3 is 15.4 Å². The van der Waals surface area contributed by atoms with Crippen molar-refractivity contribution in [2.24, 2.45) is 0 Å². The zero-order valence-corrected chi connectivity index (χ0v) is 9.62. The molecule has 2 N–H and O–H groups in total.